The van der Waals surface area contributed by atoms with Crippen molar-refractivity contribution in [2.75, 3.05) is 25.0 Å². The van der Waals surface area contributed by atoms with Gasteiger partial charge >= 0.3 is 0 Å². The van der Waals surface area contributed by atoms with Gasteiger partial charge in [-0.15, -0.1) is 0 Å². The number of likely N-dealkylation sites (tertiary alicyclic amines) is 1. The van der Waals surface area contributed by atoms with Crippen LogP contribution < -0.4 is 5.32 Å². The highest BCUT2D eigenvalue weighted by atomic mass is 79.9. The number of anilines is 1. The number of unbranched alkanes of at least 4 members (excludes halogenated alkanes) is 1. The van der Waals surface area contributed by atoms with Crippen LogP contribution >= 0.6 is 15.9 Å². The second-order valence-corrected chi connectivity index (χ2v) is 6.74. The fraction of sp³-hybridized carbons (Fsp3) is 0.588. The van der Waals surface area contributed by atoms with Crippen molar-refractivity contribution in [3.63, 3.8) is 0 Å². The van der Waals surface area contributed by atoms with Crippen molar-refractivity contribution in [3.05, 3.63) is 28.5 Å². The largest absolute Gasteiger partial charge is 0.326 e. The first-order valence-electron chi connectivity index (χ1n) is 8.12. The molecule has 1 saturated heterocycles. The molecule has 122 valence electrons. The van der Waals surface area contributed by atoms with Gasteiger partial charge in [-0.25, -0.2) is 4.39 Å². The Labute approximate surface area is 140 Å². The Kier molecular flexibility index (Phi) is 7.33. The molecule has 0 saturated carbocycles. The molecule has 0 radical (unpaired) electrons. The van der Waals surface area contributed by atoms with Gasteiger partial charge in [0.15, 0.2) is 0 Å². The molecule has 1 fully saturated rings. The minimum atomic E-state index is -0.362. The minimum absolute atomic E-state index is 0.0439. The van der Waals surface area contributed by atoms with Crippen molar-refractivity contribution in [1.29, 1.82) is 0 Å². The third-order valence-corrected chi connectivity index (χ3v) is 4.67. The second-order valence-electron chi connectivity index (χ2n) is 5.89. The van der Waals surface area contributed by atoms with E-state index >= 15 is 0 Å². The van der Waals surface area contributed by atoms with Gasteiger partial charge in [0.2, 0.25) is 5.91 Å². The maximum atomic E-state index is 13.4. The van der Waals surface area contributed by atoms with E-state index in [-0.39, 0.29) is 11.7 Å². The lowest BCUT2D eigenvalue weighted by molar-refractivity contribution is -0.116. The molecule has 1 N–H and O–H groups in total. The fourth-order valence-corrected chi connectivity index (χ4v) is 3.02. The molecule has 1 aliphatic heterocycles. The van der Waals surface area contributed by atoms with Gasteiger partial charge in [0.05, 0.1) is 4.47 Å². The normalized spacial score (nSPS) is 16.3. The number of nitrogens with zero attached hydrogens (tertiary/aromatic N) is 1. The first-order chi connectivity index (χ1) is 10.6. The third-order valence-electron chi connectivity index (χ3n) is 4.03. The van der Waals surface area contributed by atoms with Crippen LogP contribution in [0.4, 0.5) is 10.1 Å². The SMILES string of the molecule is O=C(CCCCN1CCCCCC1)Nc1ccc(Br)c(F)c1. The average molecular weight is 371 g/mol. The van der Waals surface area contributed by atoms with Crippen molar-refractivity contribution in [1.82, 2.24) is 4.90 Å². The fourth-order valence-electron chi connectivity index (χ4n) is 2.78. The van der Waals surface area contributed by atoms with Crippen molar-refractivity contribution in [2.45, 2.75) is 44.9 Å². The molecule has 0 spiro atoms. The van der Waals surface area contributed by atoms with Gasteiger partial charge in [-0.05, 0) is 79.4 Å². The summed E-state index contributed by atoms with van der Waals surface area (Å²) in [6.07, 6.45) is 7.71. The predicted octanol–water partition coefficient (Wildman–Crippen LogP) is 4.57. The van der Waals surface area contributed by atoms with Gasteiger partial charge in [-0.2, -0.15) is 0 Å². The van der Waals surface area contributed by atoms with Crippen molar-refractivity contribution in [3.8, 4) is 0 Å². The molecule has 0 atom stereocenters. The lowest BCUT2D eigenvalue weighted by atomic mass is 10.2. The van der Waals surface area contributed by atoms with Gasteiger partial charge in [-0.1, -0.05) is 12.8 Å². The summed E-state index contributed by atoms with van der Waals surface area (Å²) < 4.78 is 13.8. The van der Waals surface area contributed by atoms with E-state index in [4.69, 9.17) is 0 Å². The summed E-state index contributed by atoms with van der Waals surface area (Å²) in [5, 5.41) is 2.75. The molecule has 0 unspecified atom stereocenters. The summed E-state index contributed by atoms with van der Waals surface area (Å²) in [7, 11) is 0. The lowest BCUT2D eigenvalue weighted by Crippen LogP contribution is -2.25. The first kappa shape index (κ1) is 17.4. The number of carbonyl (C=O) groups excluding carboxylic acids is 1. The Morgan fingerprint density at radius 1 is 1.18 bits per heavy atom. The summed E-state index contributed by atoms with van der Waals surface area (Å²) in [5.41, 5.74) is 0.512. The van der Waals surface area contributed by atoms with Crippen LogP contribution in [0.1, 0.15) is 44.9 Å². The molecule has 0 aliphatic carbocycles. The Morgan fingerprint density at radius 2 is 1.91 bits per heavy atom. The molecular weight excluding hydrogens is 347 g/mol. The van der Waals surface area contributed by atoms with E-state index in [0.717, 1.165) is 19.4 Å². The number of rotatable bonds is 6. The molecule has 1 aromatic carbocycles. The van der Waals surface area contributed by atoms with E-state index in [9.17, 15) is 9.18 Å². The molecule has 1 aromatic rings. The highest BCUT2D eigenvalue weighted by Gasteiger charge is 2.09. The number of halogens is 2. The van der Waals surface area contributed by atoms with Crippen LogP contribution in [0.15, 0.2) is 22.7 Å². The third kappa shape index (κ3) is 6.05. The first-order valence-corrected chi connectivity index (χ1v) is 8.92. The zero-order valence-corrected chi connectivity index (χ0v) is 14.5. The Bertz CT molecular complexity index is 488. The van der Waals surface area contributed by atoms with Crippen molar-refractivity contribution < 1.29 is 9.18 Å². The highest BCUT2D eigenvalue weighted by molar-refractivity contribution is 9.10. The van der Waals surface area contributed by atoms with Gasteiger partial charge in [0.25, 0.3) is 0 Å². The molecule has 5 heteroatoms. The second kappa shape index (κ2) is 9.26. The number of nitrogens with one attached hydrogen (secondary N) is 1. The summed E-state index contributed by atoms with van der Waals surface area (Å²) in [5.74, 6) is -0.406. The highest BCUT2D eigenvalue weighted by Crippen LogP contribution is 2.19. The molecule has 0 bridgehead atoms. The zero-order chi connectivity index (χ0) is 15.8. The molecule has 1 aliphatic rings. The Morgan fingerprint density at radius 3 is 2.59 bits per heavy atom. The number of hydrogen-bond donors (Lipinski definition) is 1. The van der Waals surface area contributed by atoms with Gasteiger partial charge < -0.3 is 10.2 Å². The van der Waals surface area contributed by atoms with Gasteiger partial charge in [0.1, 0.15) is 5.82 Å². The monoisotopic (exact) mass is 370 g/mol. The molecule has 1 amide bonds. The number of hydrogen-bond acceptors (Lipinski definition) is 2. The van der Waals surface area contributed by atoms with Crippen molar-refractivity contribution >= 4 is 27.5 Å². The van der Waals surface area contributed by atoms with Crippen LogP contribution in [0.3, 0.4) is 0 Å². The molecule has 2 rings (SSSR count). The van der Waals surface area contributed by atoms with Crippen LogP contribution in [0, 0.1) is 5.82 Å². The summed E-state index contributed by atoms with van der Waals surface area (Å²) in [6.45, 7) is 3.48. The van der Waals surface area contributed by atoms with Crippen LogP contribution in [-0.4, -0.2) is 30.4 Å². The number of amides is 1. The molecular formula is C17H24BrFN2O. The molecule has 0 aromatic heterocycles. The van der Waals surface area contributed by atoms with E-state index < -0.39 is 0 Å². The quantitative estimate of drug-likeness (QED) is 0.743. The van der Waals surface area contributed by atoms with Crippen LogP contribution in [0.2, 0.25) is 0 Å². The summed E-state index contributed by atoms with van der Waals surface area (Å²) in [4.78, 5) is 14.4. The maximum Gasteiger partial charge on any atom is 0.224 e. The Hall–Kier alpha value is -0.940. The predicted molar refractivity (Wildman–Crippen MR) is 91.5 cm³/mol. The number of carbonyl (C=O) groups is 1. The maximum absolute atomic E-state index is 13.4. The summed E-state index contributed by atoms with van der Waals surface area (Å²) in [6, 6.07) is 4.63. The zero-order valence-electron chi connectivity index (χ0n) is 12.9. The van der Waals surface area contributed by atoms with E-state index in [0.29, 0.717) is 16.6 Å². The van der Waals surface area contributed by atoms with Crippen molar-refractivity contribution in [2.24, 2.45) is 0 Å². The smallest absolute Gasteiger partial charge is 0.224 e. The van der Waals surface area contributed by atoms with E-state index in [1.807, 2.05) is 0 Å². The average Bonchev–Trinajstić information content (AvgIpc) is 2.76. The number of benzene rings is 1. The van der Waals surface area contributed by atoms with Crippen LogP contribution in [0.5, 0.6) is 0 Å². The van der Waals surface area contributed by atoms with E-state index in [1.165, 1.54) is 44.8 Å². The van der Waals surface area contributed by atoms with Gasteiger partial charge in [-0.3, -0.25) is 4.79 Å². The minimum Gasteiger partial charge on any atom is -0.326 e. The molecule has 3 nitrogen and oxygen atoms in total. The molecule has 22 heavy (non-hydrogen) atoms. The van der Waals surface area contributed by atoms with Gasteiger partial charge in [0, 0.05) is 12.1 Å². The topological polar surface area (TPSA) is 32.3 Å². The standard InChI is InChI=1S/C17H24BrFN2O/c18-15-9-8-14(13-16(15)19)20-17(22)7-3-6-12-21-10-4-1-2-5-11-21/h8-9,13H,1-7,10-12H2,(H,20,22). The Balaban J connectivity index is 1.63. The lowest BCUT2D eigenvalue weighted by Gasteiger charge is -2.19. The van der Waals surface area contributed by atoms with E-state index in [2.05, 4.69) is 26.1 Å². The summed E-state index contributed by atoms with van der Waals surface area (Å²) >= 11 is 3.10. The van der Waals surface area contributed by atoms with Crippen LogP contribution in [-0.2, 0) is 4.79 Å². The van der Waals surface area contributed by atoms with Crippen LogP contribution in [0.25, 0.3) is 0 Å². The van der Waals surface area contributed by atoms with E-state index in [1.54, 1.807) is 12.1 Å². The molecule has 1 heterocycles.